The van der Waals surface area contributed by atoms with Crippen molar-refractivity contribution in [2.24, 2.45) is 0 Å². The molecule has 0 bridgehead atoms. The van der Waals surface area contributed by atoms with E-state index < -0.39 is 6.10 Å². The highest BCUT2D eigenvalue weighted by molar-refractivity contribution is 5.36. The number of rotatable bonds is 6. The van der Waals surface area contributed by atoms with Gasteiger partial charge in [-0.25, -0.2) is 0 Å². The number of aliphatic hydroxyl groups excluding tert-OH is 1. The molecule has 0 radical (unpaired) electrons. The summed E-state index contributed by atoms with van der Waals surface area (Å²) in [6, 6.07) is 9.83. The van der Waals surface area contributed by atoms with E-state index in [9.17, 15) is 5.11 Å². The molecule has 0 aromatic heterocycles. The van der Waals surface area contributed by atoms with Crippen LogP contribution in [0.15, 0.2) is 24.3 Å². The van der Waals surface area contributed by atoms with E-state index in [2.05, 4.69) is 11.4 Å². The molecule has 1 fully saturated rings. The number of ether oxygens (including phenoxy) is 2. The van der Waals surface area contributed by atoms with E-state index in [0.717, 1.165) is 18.4 Å². The number of nitriles is 1. The van der Waals surface area contributed by atoms with Crippen molar-refractivity contribution in [3.8, 4) is 6.07 Å². The molecule has 5 nitrogen and oxygen atoms in total. The monoisotopic (exact) mass is 290 g/mol. The fraction of sp³-hybridized carbons (Fsp3) is 0.562. The molecule has 114 valence electrons. The molecule has 1 heterocycles. The average molecular weight is 290 g/mol. The van der Waals surface area contributed by atoms with E-state index in [-0.39, 0.29) is 5.54 Å². The second-order valence-electron chi connectivity index (χ2n) is 5.38. The predicted molar refractivity (Wildman–Crippen MR) is 78.8 cm³/mol. The highest BCUT2D eigenvalue weighted by Gasteiger charge is 2.34. The largest absolute Gasteiger partial charge is 0.389 e. The summed E-state index contributed by atoms with van der Waals surface area (Å²) >= 11 is 0. The van der Waals surface area contributed by atoms with Gasteiger partial charge in [-0.3, -0.25) is 0 Å². The summed E-state index contributed by atoms with van der Waals surface area (Å²) in [6.07, 6.45) is 1.09. The Bertz CT molecular complexity index is 493. The number of methoxy groups -OCH3 is 1. The standard InChI is InChI=1S/C16H22N2O3/c1-20-12-15(19)11-18-16(5-7-21-8-6-16)14-4-2-3-13(9-14)10-17/h2-4,9,15,18-19H,5-8,11-12H2,1H3/t15-/m0/s1. The molecule has 0 amide bonds. The third-order valence-corrected chi connectivity index (χ3v) is 3.93. The summed E-state index contributed by atoms with van der Waals surface area (Å²) in [4.78, 5) is 0. The number of hydrogen-bond acceptors (Lipinski definition) is 5. The van der Waals surface area contributed by atoms with Crippen LogP contribution in [0.2, 0.25) is 0 Å². The molecule has 1 atom stereocenters. The van der Waals surface area contributed by atoms with Gasteiger partial charge in [-0.2, -0.15) is 5.26 Å². The van der Waals surface area contributed by atoms with E-state index in [0.29, 0.717) is 31.9 Å². The summed E-state index contributed by atoms with van der Waals surface area (Å²) in [5.41, 5.74) is 1.48. The van der Waals surface area contributed by atoms with Crippen molar-refractivity contribution in [2.75, 3.05) is 33.5 Å². The Morgan fingerprint density at radius 3 is 2.90 bits per heavy atom. The highest BCUT2D eigenvalue weighted by atomic mass is 16.5. The number of hydrogen-bond donors (Lipinski definition) is 2. The second-order valence-corrected chi connectivity index (χ2v) is 5.38. The van der Waals surface area contributed by atoms with Gasteiger partial charge in [0.2, 0.25) is 0 Å². The zero-order chi connectivity index (χ0) is 15.1. The third kappa shape index (κ3) is 4.02. The summed E-state index contributed by atoms with van der Waals surface area (Å²) in [5, 5.41) is 22.4. The molecule has 0 saturated carbocycles. The molecule has 1 aromatic rings. The molecule has 1 aromatic carbocycles. The fourth-order valence-corrected chi connectivity index (χ4v) is 2.74. The highest BCUT2D eigenvalue weighted by Crippen LogP contribution is 2.32. The van der Waals surface area contributed by atoms with E-state index in [1.165, 1.54) is 0 Å². The lowest BCUT2D eigenvalue weighted by Gasteiger charge is -2.39. The molecule has 21 heavy (non-hydrogen) atoms. The summed E-state index contributed by atoms with van der Waals surface area (Å²) in [5.74, 6) is 0. The Balaban J connectivity index is 2.18. The Hall–Kier alpha value is -1.45. The maximum absolute atomic E-state index is 9.87. The van der Waals surface area contributed by atoms with Crippen molar-refractivity contribution in [3.05, 3.63) is 35.4 Å². The minimum Gasteiger partial charge on any atom is -0.389 e. The number of benzene rings is 1. The van der Waals surface area contributed by atoms with Crippen molar-refractivity contribution in [1.29, 1.82) is 5.26 Å². The summed E-state index contributed by atoms with van der Waals surface area (Å²) < 4.78 is 10.4. The van der Waals surface area contributed by atoms with Crippen molar-refractivity contribution in [3.63, 3.8) is 0 Å². The molecule has 5 heteroatoms. The lowest BCUT2D eigenvalue weighted by atomic mass is 9.82. The lowest BCUT2D eigenvalue weighted by Crippen LogP contribution is -2.49. The zero-order valence-electron chi connectivity index (χ0n) is 12.3. The van der Waals surface area contributed by atoms with Crippen LogP contribution in [0.3, 0.4) is 0 Å². The first-order chi connectivity index (χ1) is 10.2. The molecule has 2 rings (SSSR count). The van der Waals surface area contributed by atoms with Crippen molar-refractivity contribution in [1.82, 2.24) is 5.32 Å². The molecule has 2 N–H and O–H groups in total. The molecule has 1 saturated heterocycles. The van der Waals surface area contributed by atoms with E-state index in [1.807, 2.05) is 18.2 Å². The van der Waals surface area contributed by atoms with Crippen molar-refractivity contribution < 1.29 is 14.6 Å². The molecule has 1 aliphatic heterocycles. The second kappa shape index (κ2) is 7.53. The predicted octanol–water partition coefficient (Wildman–Crippen LogP) is 1.16. The van der Waals surface area contributed by atoms with E-state index in [1.54, 1.807) is 13.2 Å². The van der Waals surface area contributed by atoms with Gasteiger partial charge in [-0.05, 0) is 30.5 Å². The van der Waals surface area contributed by atoms with Crippen LogP contribution < -0.4 is 5.32 Å². The number of nitrogens with zero attached hydrogens (tertiary/aromatic N) is 1. The minimum atomic E-state index is -0.547. The normalized spacial score (nSPS) is 18.9. The first-order valence-electron chi connectivity index (χ1n) is 7.20. The van der Waals surface area contributed by atoms with Crippen LogP contribution in [-0.4, -0.2) is 44.7 Å². The van der Waals surface area contributed by atoms with Crippen LogP contribution in [0.25, 0.3) is 0 Å². The van der Waals surface area contributed by atoms with Crippen LogP contribution in [0.1, 0.15) is 24.0 Å². The van der Waals surface area contributed by atoms with Gasteiger partial charge in [0, 0.05) is 32.4 Å². The first-order valence-corrected chi connectivity index (χ1v) is 7.20. The Morgan fingerprint density at radius 2 is 2.24 bits per heavy atom. The van der Waals surface area contributed by atoms with Crippen LogP contribution >= 0.6 is 0 Å². The summed E-state index contributed by atoms with van der Waals surface area (Å²) in [6.45, 7) is 2.09. The van der Waals surface area contributed by atoms with Gasteiger partial charge < -0.3 is 19.9 Å². The van der Waals surface area contributed by atoms with Crippen molar-refractivity contribution in [2.45, 2.75) is 24.5 Å². The quantitative estimate of drug-likeness (QED) is 0.822. The minimum absolute atomic E-state index is 0.250. The maximum atomic E-state index is 9.87. The van der Waals surface area contributed by atoms with Gasteiger partial charge in [0.05, 0.1) is 24.3 Å². The summed E-state index contributed by atoms with van der Waals surface area (Å²) in [7, 11) is 1.57. The van der Waals surface area contributed by atoms with Gasteiger partial charge in [0.15, 0.2) is 0 Å². The zero-order valence-corrected chi connectivity index (χ0v) is 12.3. The Kier molecular flexibility index (Phi) is 5.71. The van der Waals surface area contributed by atoms with Gasteiger partial charge >= 0.3 is 0 Å². The number of aliphatic hydroxyl groups is 1. The van der Waals surface area contributed by atoms with E-state index in [4.69, 9.17) is 14.7 Å². The topological polar surface area (TPSA) is 74.5 Å². The molecular formula is C16H22N2O3. The van der Waals surface area contributed by atoms with Crippen LogP contribution in [0.4, 0.5) is 0 Å². The van der Waals surface area contributed by atoms with Gasteiger partial charge in [0.25, 0.3) is 0 Å². The van der Waals surface area contributed by atoms with Gasteiger partial charge in [-0.15, -0.1) is 0 Å². The lowest BCUT2D eigenvalue weighted by molar-refractivity contribution is 0.0194. The number of nitrogens with one attached hydrogen (secondary N) is 1. The Morgan fingerprint density at radius 1 is 1.48 bits per heavy atom. The molecule has 1 aliphatic rings. The van der Waals surface area contributed by atoms with Gasteiger partial charge in [0.1, 0.15) is 0 Å². The van der Waals surface area contributed by atoms with Crippen LogP contribution in [0.5, 0.6) is 0 Å². The van der Waals surface area contributed by atoms with Gasteiger partial charge in [-0.1, -0.05) is 12.1 Å². The molecule has 0 unspecified atom stereocenters. The molecular weight excluding hydrogens is 268 g/mol. The smallest absolute Gasteiger partial charge is 0.0991 e. The SMILES string of the molecule is COC[C@@H](O)CNC1(c2cccc(C#N)c2)CCOCC1. The maximum Gasteiger partial charge on any atom is 0.0991 e. The Labute approximate surface area is 125 Å². The van der Waals surface area contributed by atoms with E-state index >= 15 is 0 Å². The molecule has 0 spiro atoms. The third-order valence-electron chi connectivity index (χ3n) is 3.93. The van der Waals surface area contributed by atoms with Crippen LogP contribution in [0, 0.1) is 11.3 Å². The molecule has 0 aliphatic carbocycles. The fourth-order valence-electron chi connectivity index (χ4n) is 2.74. The first kappa shape index (κ1) is 15.9. The van der Waals surface area contributed by atoms with Crippen LogP contribution in [-0.2, 0) is 15.0 Å². The average Bonchev–Trinajstić information content (AvgIpc) is 2.54. The van der Waals surface area contributed by atoms with Crippen molar-refractivity contribution >= 4 is 0 Å².